The normalized spacial score (nSPS) is 14.6. The van der Waals surface area contributed by atoms with Crippen LogP contribution in [0.1, 0.15) is 16.1 Å². The molecule has 2 heterocycles. The number of carbonyl (C=O) groups is 1. The predicted octanol–water partition coefficient (Wildman–Crippen LogP) is 4.84. The highest BCUT2D eigenvalue weighted by atomic mass is 35.5. The zero-order valence-corrected chi connectivity index (χ0v) is 18.9. The molecule has 6 nitrogen and oxygen atoms in total. The van der Waals surface area contributed by atoms with Gasteiger partial charge in [0.15, 0.2) is 12.4 Å². The maximum atomic E-state index is 12.8. The van der Waals surface area contributed by atoms with Gasteiger partial charge in [-0.25, -0.2) is 4.68 Å². The molecule has 31 heavy (non-hydrogen) atoms. The van der Waals surface area contributed by atoms with E-state index in [9.17, 15) is 4.79 Å². The minimum Gasteiger partial charge on any atom is -0.470 e. The van der Waals surface area contributed by atoms with Crippen molar-refractivity contribution < 1.29 is 9.53 Å². The highest BCUT2D eigenvalue weighted by Crippen LogP contribution is 2.26. The molecule has 0 radical (unpaired) electrons. The summed E-state index contributed by atoms with van der Waals surface area (Å²) in [6.07, 6.45) is 1.72. The summed E-state index contributed by atoms with van der Waals surface area (Å²) in [6, 6.07) is 14.4. The van der Waals surface area contributed by atoms with Crippen LogP contribution in [0.4, 0.5) is 0 Å². The van der Waals surface area contributed by atoms with Crippen LogP contribution in [0.25, 0.3) is 0 Å². The SMILES string of the molecule is O=C(c1ccn(COc2ccccc2Cl)n1)N1CCN(Cc2c(Cl)cccc2Cl)CC1. The second-order valence-electron chi connectivity index (χ2n) is 7.21. The zero-order chi connectivity index (χ0) is 21.8. The summed E-state index contributed by atoms with van der Waals surface area (Å²) in [5, 5.41) is 6.20. The van der Waals surface area contributed by atoms with Crippen molar-refractivity contribution in [3.63, 3.8) is 0 Å². The second kappa shape index (κ2) is 9.92. The molecule has 0 atom stereocenters. The smallest absolute Gasteiger partial charge is 0.274 e. The minimum absolute atomic E-state index is 0.0908. The largest absolute Gasteiger partial charge is 0.470 e. The fraction of sp³-hybridized carbons (Fsp3) is 0.273. The highest BCUT2D eigenvalue weighted by molar-refractivity contribution is 6.36. The van der Waals surface area contributed by atoms with Gasteiger partial charge in [0, 0.05) is 54.5 Å². The molecule has 0 aliphatic carbocycles. The average Bonchev–Trinajstić information content (AvgIpc) is 3.25. The number of aromatic nitrogens is 2. The van der Waals surface area contributed by atoms with Crippen LogP contribution >= 0.6 is 34.8 Å². The molecule has 9 heteroatoms. The Morgan fingerprint density at radius 1 is 0.903 bits per heavy atom. The quantitative estimate of drug-likeness (QED) is 0.508. The van der Waals surface area contributed by atoms with Crippen LogP contribution in [0.2, 0.25) is 15.1 Å². The first-order valence-electron chi connectivity index (χ1n) is 9.86. The summed E-state index contributed by atoms with van der Waals surface area (Å²) in [5.41, 5.74) is 1.31. The molecule has 0 N–H and O–H groups in total. The molecular weight excluding hydrogens is 459 g/mol. The molecule has 0 saturated carbocycles. The van der Waals surface area contributed by atoms with Crippen LogP contribution in [-0.2, 0) is 13.3 Å². The van der Waals surface area contributed by atoms with Gasteiger partial charge < -0.3 is 9.64 Å². The number of hydrogen-bond acceptors (Lipinski definition) is 4. The lowest BCUT2D eigenvalue weighted by Gasteiger charge is -2.34. The number of carbonyl (C=O) groups excluding carboxylic acids is 1. The molecule has 1 aliphatic rings. The number of nitrogens with zero attached hydrogens (tertiary/aromatic N) is 4. The van der Waals surface area contributed by atoms with Crippen molar-refractivity contribution >= 4 is 40.7 Å². The van der Waals surface area contributed by atoms with Crippen molar-refractivity contribution in [1.82, 2.24) is 19.6 Å². The molecule has 1 fully saturated rings. The van der Waals surface area contributed by atoms with Crippen LogP contribution in [-0.4, -0.2) is 51.7 Å². The molecule has 0 unspecified atom stereocenters. The van der Waals surface area contributed by atoms with Gasteiger partial charge in [-0.3, -0.25) is 9.69 Å². The van der Waals surface area contributed by atoms with E-state index in [-0.39, 0.29) is 12.6 Å². The fourth-order valence-corrected chi connectivity index (χ4v) is 4.13. The summed E-state index contributed by atoms with van der Waals surface area (Å²) in [5.74, 6) is 0.481. The lowest BCUT2D eigenvalue weighted by molar-refractivity contribution is 0.0621. The van der Waals surface area contributed by atoms with Gasteiger partial charge in [-0.1, -0.05) is 53.0 Å². The Morgan fingerprint density at radius 3 is 2.29 bits per heavy atom. The molecule has 4 rings (SSSR count). The number of ether oxygens (including phenoxy) is 1. The van der Waals surface area contributed by atoms with Gasteiger partial charge in [-0.05, 0) is 30.3 Å². The van der Waals surface area contributed by atoms with E-state index in [0.29, 0.717) is 46.1 Å². The number of amides is 1. The first-order valence-corrected chi connectivity index (χ1v) is 11.0. The van der Waals surface area contributed by atoms with E-state index in [2.05, 4.69) is 10.00 Å². The molecule has 1 aliphatic heterocycles. The van der Waals surface area contributed by atoms with Crippen molar-refractivity contribution in [3.05, 3.63) is 81.1 Å². The summed E-state index contributed by atoms with van der Waals surface area (Å²) >= 11 is 18.7. The Hall–Kier alpha value is -2.25. The van der Waals surface area contributed by atoms with Gasteiger partial charge in [0.05, 0.1) is 5.02 Å². The van der Waals surface area contributed by atoms with E-state index >= 15 is 0 Å². The Morgan fingerprint density at radius 2 is 1.58 bits per heavy atom. The van der Waals surface area contributed by atoms with Crippen LogP contribution in [0, 0.1) is 0 Å². The third-order valence-electron chi connectivity index (χ3n) is 5.15. The van der Waals surface area contributed by atoms with Gasteiger partial charge in [-0.15, -0.1) is 0 Å². The number of rotatable bonds is 6. The molecule has 1 aromatic heterocycles. The summed E-state index contributed by atoms with van der Waals surface area (Å²) in [6.45, 7) is 3.54. The third-order valence-corrected chi connectivity index (χ3v) is 6.17. The summed E-state index contributed by atoms with van der Waals surface area (Å²) in [4.78, 5) is 16.9. The van der Waals surface area contributed by atoms with Gasteiger partial charge in [0.2, 0.25) is 0 Å². The second-order valence-corrected chi connectivity index (χ2v) is 8.43. The molecule has 0 bridgehead atoms. The molecule has 1 amide bonds. The Kier molecular flexibility index (Phi) is 7.02. The first kappa shape index (κ1) is 22.0. The molecule has 3 aromatic rings. The number of piperazine rings is 1. The number of halogens is 3. The van der Waals surface area contributed by atoms with Gasteiger partial charge in [-0.2, -0.15) is 5.10 Å². The number of hydrogen-bond donors (Lipinski definition) is 0. The van der Waals surface area contributed by atoms with Crippen LogP contribution in [0.5, 0.6) is 5.75 Å². The zero-order valence-electron chi connectivity index (χ0n) is 16.7. The molecular formula is C22H21Cl3N4O2. The fourth-order valence-electron chi connectivity index (χ4n) is 3.42. The maximum absolute atomic E-state index is 12.8. The van der Waals surface area contributed by atoms with E-state index < -0.39 is 0 Å². The standard InChI is InChI=1S/C22H21Cl3N4O2/c23-17-5-3-6-18(24)16(17)14-27-10-12-28(13-11-27)22(30)20-8-9-29(26-20)15-31-21-7-2-1-4-19(21)25/h1-9H,10-15H2. The molecule has 162 valence electrons. The third kappa shape index (κ3) is 5.33. The molecule has 1 saturated heterocycles. The van der Waals surface area contributed by atoms with Crippen molar-refractivity contribution in [3.8, 4) is 5.75 Å². The Bertz CT molecular complexity index is 1040. The topological polar surface area (TPSA) is 50.6 Å². The Labute approximate surface area is 195 Å². The van der Waals surface area contributed by atoms with Crippen molar-refractivity contribution in [1.29, 1.82) is 0 Å². The first-order chi connectivity index (χ1) is 15.0. The van der Waals surface area contributed by atoms with E-state index in [0.717, 1.165) is 18.7 Å². The Balaban J connectivity index is 1.30. The van der Waals surface area contributed by atoms with Gasteiger partial charge >= 0.3 is 0 Å². The lowest BCUT2D eigenvalue weighted by atomic mass is 10.2. The highest BCUT2D eigenvalue weighted by Gasteiger charge is 2.24. The molecule has 2 aromatic carbocycles. The number of para-hydroxylation sites is 1. The van der Waals surface area contributed by atoms with Crippen LogP contribution in [0.3, 0.4) is 0 Å². The van der Waals surface area contributed by atoms with Crippen LogP contribution in [0.15, 0.2) is 54.7 Å². The van der Waals surface area contributed by atoms with E-state index in [1.165, 1.54) is 0 Å². The number of benzene rings is 2. The van der Waals surface area contributed by atoms with E-state index in [1.807, 2.05) is 35.2 Å². The average molecular weight is 480 g/mol. The van der Waals surface area contributed by atoms with Crippen molar-refractivity contribution in [2.24, 2.45) is 0 Å². The lowest BCUT2D eigenvalue weighted by Crippen LogP contribution is -2.48. The van der Waals surface area contributed by atoms with Crippen molar-refractivity contribution in [2.45, 2.75) is 13.3 Å². The van der Waals surface area contributed by atoms with E-state index in [1.54, 1.807) is 29.1 Å². The van der Waals surface area contributed by atoms with E-state index in [4.69, 9.17) is 39.5 Å². The summed E-state index contributed by atoms with van der Waals surface area (Å²) < 4.78 is 7.24. The minimum atomic E-state index is -0.0908. The maximum Gasteiger partial charge on any atom is 0.274 e. The van der Waals surface area contributed by atoms with Crippen molar-refractivity contribution in [2.75, 3.05) is 26.2 Å². The molecule has 0 spiro atoms. The predicted molar refractivity (Wildman–Crippen MR) is 122 cm³/mol. The van der Waals surface area contributed by atoms with Gasteiger partial charge in [0.25, 0.3) is 5.91 Å². The summed E-state index contributed by atoms with van der Waals surface area (Å²) in [7, 11) is 0. The van der Waals surface area contributed by atoms with Crippen LogP contribution < -0.4 is 4.74 Å². The monoisotopic (exact) mass is 478 g/mol. The van der Waals surface area contributed by atoms with Gasteiger partial charge in [0.1, 0.15) is 5.75 Å².